The van der Waals surface area contributed by atoms with E-state index in [-0.39, 0.29) is 18.4 Å². The molecule has 0 aliphatic rings. The molecule has 0 aliphatic carbocycles. The van der Waals surface area contributed by atoms with Crippen LogP contribution in [0.15, 0.2) is 42.5 Å². The van der Waals surface area contributed by atoms with Crippen molar-refractivity contribution in [2.75, 3.05) is 22.5 Å². The van der Waals surface area contributed by atoms with E-state index in [1.54, 1.807) is 42.5 Å². The molecule has 2 aromatic rings. The number of hydrogen-bond donors (Lipinski definition) is 3. The van der Waals surface area contributed by atoms with Gasteiger partial charge in [-0.1, -0.05) is 30.1 Å². The molecule has 0 fully saturated rings. The second-order valence-corrected chi connectivity index (χ2v) is 6.25. The largest absolute Gasteiger partial charge is 0.376 e. The lowest BCUT2D eigenvalue weighted by Gasteiger charge is -2.10. The number of nitrogens with one attached hydrogen (secondary N) is 3. The molecule has 0 spiro atoms. The first kappa shape index (κ1) is 19.1. The van der Waals surface area contributed by atoms with Crippen molar-refractivity contribution in [2.24, 2.45) is 0 Å². The topological polar surface area (TPSA) is 70.2 Å². The fourth-order valence-corrected chi connectivity index (χ4v) is 2.43. The molecule has 7 heteroatoms. The number of anilines is 3. The Morgan fingerprint density at radius 1 is 0.920 bits per heavy atom. The van der Waals surface area contributed by atoms with Gasteiger partial charge in [0.25, 0.3) is 0 Å². The SMILES string of the molecule is CCCC(=O)Nc1ccc(NCC(=O)Nc2cc(Cl)ccc2Cl)cc1. The maximum atomic E-state index is 12.0. The van der Waals surface area contributed by atoms with Gasteiger partial charge >= 0.3 is 0 Å². The summed E-state index contributed by atoms with van der Waals surface area (Å²) in [7, 11) is 0. The van der Waals surface area contributed by atoms with E-state index in [0.717, 1.165) is 17.8 Å². The van der Waals surface area contributed by atoms with Gasteiger partial charge in [-0.2, -0.15) is 0 Å². The molecule has 3 N–H and O–H groups in total. The highest BCUT2D eigenvalue weighted by Crippen LogP contribution is 2.25. The zero-order valence-electron chi connectivity index (χ0n) is 13.7. The Bertz CT molecular complexity index is 748. The van der Waals surface area contributed by atoms with Crippen molar-refractivity contribution >= 4 is 52.1 Å². The normalized spacial score (nSPS) is 10.2. The summed E-state index contributed by atoms with van der Waals surface area (Å²) < 4.78 is 0. The summed E-state index contributed by atoms with van der Waals surface area (Å²) in [5.74, 6) is -0.259. The molecule has 2 aromatic carbocycles. The third kappa shape index (κ3) is 6.29. The molecule has 2 rings (SSSR count). The second-order valence-electron chi connectivity index (χ2n) is 5.40. The van der Waals surface area contributed by atoms with Crippen molar-refractivity contribution in [3.8, 4) is 0 Å². The average Bonchev–Trinajstić information content (AvgIpc) is 2.58. The minimum atomic E-state index is -0.246. The van der Waals surface area contributed by atoms with Gasteiger partial charge in [-0.15, -0.1) is 0 Å². The molecule has 0 aliphatic heterocycles. The Labute approximate surface area is 156 Å². The highest BCUT2D eigenvalue weighted by molar-refractivity contribution is 6.35. The second kappa shape index (κ2) is 9.30. The number of amides is 2. The van der Waals surface area contributed by atoms with Crippen molar-refractivity contribution < 1.29 is 9.59 Å². The summed E-state index contributed by atoms with van der Waals surface area (Å²) >= 11 is 11.9. The molecule has 0 unspecified atom stereocenters. The first-order valence-corrected chi connectivity index (χ1v) is 8.62. The van der Waals surface area contributed by atoms with E-state index < -0.39 is 0 Å². The Kier molecular flexibility index (Phi) is 7.10. The Hall–Kier alpha value is -2.24. The van der Waals surface area contributed by atoms with E-state index in [1.807, 2.05) is 6.92 Å². The number of rotatable bonds is 7. The van der Waals surface area contributed by atoms with Gasteiger partial charge in [0.05, 0.1) is 17.3 Å². The first-order valence-electron chi connectivity index (χ1n) is 7.86. The monoisotopic (exact) mass is 379 g/mol. The van der Waals surface area contributed by atoms with Crippen molar-refractivity contribution in [1.29, 1.82) is 0 Å². The minimum absolute atomic E-state index is 0.0130. The fourth-order valence-electron chi connectivity index (χ4n) is 2.09. The van der Waals surface area contributed by atoms with E-state index >= 15 is 0 Å². The summed E-state index contributed by atoms with van der Waals surface area (Å²) in [5.41, 5.74) is 1.95. The van der Waals surface area contributed by atoms with Gasteiger partial charge < -0.3 is 16.0 Å². The first-order chi connectivity index (χ1) is 12.0. The molecule has 0 radical (unpaired) electrons. The molecule has 25 heavy (non-hydrogen) atoms. The van der Waals surface area contributed by atoms with Crippen LogP contribution < -0.4 is 16.0 Å². The molecule has 0 saturated carbocycles. The lowest BCUT2D eigenvalue weighted by molar-refractivity contribution is -0.116. The third-order valence-corrected chi connectivity index (χ3v) is 3.87. The summed E-state index contributed by atoms with van der Waals surface area (Å²) in [6, 6.07) is 12.0. The number of halogens is 2. The third-order valence-electron chi connectivity index (χ3n) is 3.30. The molecule has 0 heterocycles. The number of carbonyl (C=O) groups is 2. The molecule has 0 saturated heterocycles. The predicted octanol–water partition coefficient (Wildman–Crippen LogP) is 4.78. The van der Waals surface area contributed by atoms with Gasteiger partial charge in [-0.05, 0) is 48.9 Å². The van der Waals surface area contributed by atoms with Gasteiger partial charge in [-0.25, -0.2) is 0 Å². The molecule has 5 nitrogen and oxygen atoms in total. The molecular weight excluding hydrogens is 361 g/mol. The lowest BCUT2D eigenvalue weighted by atomic mass is 10.2. The van der Waals surface area contributed by atoms with Crippen LogP contribution in [0.1, 0.15) is 19.8 Å². The van der Waals surface area contributed by atoms with Crippen LogP contribution in [0, 0.1) is 0 Å². The van der Waals surface area contributed by atoms with Crippen LogP contribution in [0.4, 0.5) is 17.1 Å². The van der Waals surface area contributed by atoms with Crippen LogP contribution >= 0.6 is 23.2 Å². The zero-order chi connectivity index (χ0) is 18.2. The van der Waals surface area contributed by atoms with Gasteiger partial charge in [0, 0.05) is 22.8 Å². The van der Waals surface area contributed by atoms with Crippen molar-refractivity contribution in [3.63, 3.8) is 0 Å². The quantitative estimate of drug-likeness (QED) is 0.647. The highest BCUT2D eigenvalue weighted by Gasteiger charge is 2.07. The van der Waals surface area contributed by atoms with Crippen molar-refractivity contribution in [3.05, 3.63) is 52.5 Å². The molecule has 0 aromatic heterocycles. The summed E-state index contributed by atoms with van der Waals surface area (Å²) in [4.78, 5) is 23.5. The fraction of sp³-hybridized carbons (Fsp3) is 0.222. The molecule has 132 valence electrons. The van der Waals surface area contributed by atoms with Gasteiger partial charge in [-0.3, -0.25) is 9.59 Å². The van der Waals surface area contributed by atoms with Gasteiger partial charge in [0.15, 0.2) is 0 Å². The van der Waals surface area contributed by atoms with Crippen LogP contribution in [0.25, 0.3) is 0 Å². The van der Waals surface area contributed by atoms with Crippen LogP contribution in [0.3, 0.4) is 0 Å². The van der Waals surface area contributed by atoms with E-state index in [2.05, 4.69) is 16.0 Å². The summed E-state index contributed by atoms with van der Waals surface area (Å²) in [6.45, 7) is 2.03. The highest BCUT2D eigenvalue weighted by atomic mass is 35.5. The van der Waals surface area contributed by atoms with Crippen LogP contribution in [0.5, 0.6) is 0 Å². The number of hydrogen-bond acceptors (Lipinski definition) is 3. The number of benzene rings is 2. The molecule has 0 atom stereocenters. The van der Waals surface area contributed by atoms with Crippen molar-refractivity contribution in [2.45, 2.75) is 19.8 Å². The lowest BCUT2D eigenvalue weighted by Crippen LogP contribution is -2.21. The van der Waals surface area contributed by atoms with E-state index in [4.69, 9.17) is 23.2 Å². The standard InChI is InChI=1S/C18H19Cl2N3O2/c1-2-3-17(24)22-14-7-5-13(6-8-14)21-11-18(25)23-16-10-12(19)4-9-15(16)20/h4-10,21H,2-3,11H2,1H3,(H,22,24)(H,23,25). The maximum absolute atomic E-state index is 12.0. The Balaban J connectivity index is 1.85. The predicted molar refractivity (Wildman–Crippen MR) is 104 cm³/mol. The van der Waals surface area contributed by atoms with E-state index in [9.17, 15) is 9.59 Å². The van der Waals surface area contributed by atoms with E-state index in [1.165, 1.54) is 0 Å². The Morgan fingerprint density at radius 3 is 2.28 bits per heavy atom. The molecule has 2 amide bonds. The van der Waals surface area contributed by atoms with Crippen LogP contribution in [-0.4, -0.2) is 18.4 Å². The minimum Gasteiger partial charge on any atom is -0.376 e. The van der Waals surface area contributed by atoms with Crippen LogP contribution in [0.2, 0.25) is 10.0 Å². The van der Waals surface area contributed by atoms with Crippen molar-refractivity contribution in [1.82, 2.24) is 0 Å². The van der Waals surface area contributed by atoms with Gasteiger partial charge in [0.2, 0.25) is 11.8 Å². The summed E-state index contributed by atoms with van der Waals surface area (Å²) in [6.07, 6.45) is 1.30. The Morgan fingerprint density at radius 2 is 1.60 bits per heavy atom. The zero-order valence-corrected chi connectivity index (χ0v) is 15.2. The van der Waals surface area contributed by atoms with Gasteiger partial charge in [0.1, 0.15) is 0 Å². The smallest absolute Gasteiger partial charge is 0.243 e. The average molecular weight is 380 g/mol. The van der Waals surface area contributed by atoms with Crippen LogP contribution in [-0.2, 0) is 9.59 Å². The number of carbonyl (C=O) groups excluding carboxylic acids is 2. The summed E-state index contributed by atoms with van der Waals surface area (Å²) in [5, 5.41) is 9.42. The molecule has 0 bridgehead atoms. The maximum Gasteiger partial charge on any atom is 0.243 e. The molecular formula is C18H19Cl2N3O2. The van der Waals surface area contributed by atoms with E-state index in [0.29, 0.717) is 22.2 Å².